The molecule has 1 aliphatic heterocycles. The number of nitrogens with zero attached hydrogens (tertiary/aromatic N) is 1. The fourth-order valence-electron chi connectivity index (χ4n) is 3.18. The third-order valence-electron chi connectivity index (χ3n) is 4.37. The molecule has 0 radical (unpaired) electrons. The maximum absolute atomic E-state index is 13.3. The second-order valence-electron chi connectivity index (χ2n) is 6.08. The van der Waals surface area contributed by atoms with Crippen LogP contribution in [-0.4, -0.2) is 18.1 Å². The quantitative estimate of drug-likeness (QED) is 0.667. The monoisotopic (exact) mass is 342 g/mol. The highest BCUT2D eigenvalue weighted by Gasteiger charge is 2.27. The van der Waals surface area contributed by atoms with Gasteiger partial charge in [-0.1, -0.05) is 6.07 Å². The molecule has 1 saturated heterocycles. The van der Waals surface area contributed by atoms with Crippen LogP contribution in [-0.2, 0) is 6.54 Å². The van der Waals surface area contributed by atoms with Crippen LogP contribution >= 0.6 is 11.3 Å². The Labute approximate surface area is 144 Å². The van der Waals surface area contributed by atoms with Crippen molar-refractivity contribution in [3.8, 4) is 0 Å². The minimum Gasteiger partial charge on any atom is -0.311 e. The molecule has 1 aliphatic rings. The molecule has 0 spiro atoms. The summed E-state index contributed by atoms with van der Waals surface area (Å²) in [6.07, 6.45) is 3.71. The Morgan fingerprint density at radius 2 is 2.25 bits per heavy atom. The molecule has 2 unspecified atom stereocenters. The molecule has 2 atom stereocenters. The summed E-state index contributed by atoms with van der Waals surface area (Å²) in [6.45, 7) is 2.63. The van der Waals surface area contributed by atoms with Crippen molar-refractivity contribution in [2.24, 2.45) is 5.92 Å². The highest BCUT2D eigenvalue weighted by atomic mass is 32.1. The number of pyridine rings is 1. The second-order valence-corrected chi connectivity index (χ2v) is 7.24. The molecule has 4 rings (SSSR count). The van der Waals surface area contributed by atoms with E-state index >= 15 is 0 Å². The van der Waals surface area contributed by atoms with Crippen LogP contribution in [0.25, 0.3) is 10.1 Å². The molecular formula is C18H19FN4S. The molecule has 0 saturated carbocycles. The van der Waals surface area contributed by atoms with Crippen LogP contribution in [0.4, 0.5) is 4.39 Å². The number of fused-ring (bicyclic) bond motifs is 1. The van der Waals surface area contributed by atoms with E-state index in [-0.39, 0.29) is 11.9 Å². The van der Waals surface area contributed by atoms with E-state index in [1.807, 2.05) is 18.3 Å². The molecule has 0 amide bonds. The van der Waals surface area contributed by atoms with E-state index in [1.54, 1.807) is 23.6 Å². The van der Waals surface area contributed by atoms with Gasteiger partial charge in [-0.2, -0.15) is 0 Å². The number of hydrogen-bond donors (Lipinski definition) is 3. The zero-order valence-electron chi connectivity index (χ0n) is 13.1. The van der Waals surface area contributed by atoms with Crippen LogP contribution in [0.15, 0.2) is 48.8 Å². The lowest BCUT2D eigenvalue weighted by molar-refractivity contribution is 0.441. The van der Waals surface area contributed by atoms with Gasteiger partial charge in [0.25, 0.3) is 0 Å². The molecule has 3 heterocycles. The van der Waals surface area contributed by atoms with E-state index in [9.17, 15) is 4.39 Å². The number of thiophene rings is 1. The first-order valence-corrected chi connectivity index (χ1v) is 8.88. The smallest absolute Gasteiger partial charge is 0.123 e. The number of hydrogen-bond acceptors (Lipinski definition) is 5. The summed E-state index contributed by atoms with van der Waals surface area (Å²) in [5.41, 5.74) is 7.77. The predicted molar refractivity (Wildman–Crippen MR) is 95.1 cm³/mol. The first-order valence-electron chi connectivity index (χ1n) is 8.06. The SMILES string of the molecule is Fc1ccc2sc(CNCC3CNNC3c3cccnc3)cc2c1. The minimum atomic E-state index is -0.178. The Bertz CT molecular complexity index is 820. The van der Waals surface area contributed by atoms with Crippen LogP contribution in [0.1, 0.15) is 16.5 Å². The zero-order chi connectivity index (χ0) is 16.4. The van der Waals surface area contributed by atoms with Crippen LogP contribution < -0.4 is 16.2 Å². The second kappa shape index (κ2) is 6.94. The first kappa shape index (κ1) is 15.7. The Balaban J connectivity index is 1.37. The molecule has 3 aromatic rings. The van der Waals surface area contributed by atoms with Crippen molar-refractivity contribution in [1.82, 2.24) is 21.2 Å². The Morgan fingerprint density at radius 1 is 1.29 bits per heavy atom. The lowest BCUT2D eigenvalue weighted by Gasteiger charge is -2.18. The van der Waals surface area contributed by atoms with Crippen molar-refractivity contribution in [3.63, 3.8) is 0 Å². The number of benzene rings is 1. The Morgan fingerprint density at radius 3 is 3.12 bits per heavy atom. The maximum Gasteiger partial charge on any atom is 0.123 e. The minimum absolute atomic E-state index is 0.178. The average Bonchev–Trinajstić information content (AvgIpc) is 3.22. The van der Waals surface area contributed by atoms with Gasteiger partial charge in [0, 0.05) is 47.5 Å². The van der Waals surface area contributed by atoms with Gasteiger partial charge in [-0.15, -0.1) is 11.3 Å². The van der Waals surface area contributed by atoms with Crippen molar-refractivity contribution >= 4 is 21.4 Å². The van der Waals surface area contributed by atoms with E-state index in [2.05, 4.69) is 33.3 Å². The number of nitrogens with one attached hydrogen (secondary N) is 3. The highest BCUT2D eigenvalue weighted by Crippen LogP contribution is 2.27. The third kappa shape index (κ3) is 3.32. The maximum atomic E-state index is 13.3. The van der Waals surface area contributed by atoms with Crippen LogP contribution in [0.3, 0.4) is 0 Å². The van der Waals surface area contributed by atoms with Gasteiger partial charge in [-0.3, -0.25) is 10.4 Å². The molecule has 3 N–H and O–H groups in total. The van der Waals surface area contributed by atoms with E-state index in [0.717, 1.165) is 29.7 Å². The summed E-state index contributed by atoms with van der Waals surface area (Å²) in [7, 11) is 0. The predicted octanol–water partition coefficient (Wildman–Crippen LogP) is 2.99. The van der Waals surface area contributed by atoms with Crippen LogP contribution in [0.2, 0.25) is 0 Å². The van der Waals surface area contributed by atoms with Gasteiger partial charge < -0.3 is 5.32 Å². The fraction of sp³-hybridized carbons (Fsp3) is 0.278. The summed E-state index contributed by atoms with van der Waals surface area (Å²) in [5, 5.41) is 4.52. The normalized spacial score (nSPS) is 20.7. The van der Waals surface area contributed by atoms with Gasteiger partial charge >= 0.3 is 0 Å². The first-order chi connectivity index (χ1) is 11.8. The summed E-state index contributed by atoms with van der Waals surface area (Å²) >= 11 is 1.72. The Kier molecular flexibility index (Phi) is 4.53. The number of halogens is 1. The van der Waals surface area contributed by atoms with Gasteiger partial charge in [0.2, 0.25) is 0 Å². The van der Waals surface area contributed by atoms with Crippen molar-refractivity contribution < 1.29 is 4.39 Å². The highest BCUT2D eigenvalue weighted by molar-refractivity contribution is 7.19. The molecule has 4 nitrogen and oxygen atoms in total. The van der Waals surface area contributed by atoms with E-state index in [0.29, 0.717) is 5.92 Å². The van der Waals surface area contributed by atoms with E-state index in [1.165, 1.54) is 16.5 Å². The standard InChI is InChI=1S/C18H19FN4S/c19-15-3-4-17-13(6-15)7-16(24-17)11-21-9-14-10-22-23-18(14)12-2-1-5-20-8-12/h1-8,14,18,21-23H,9-11H2. The number of hydrazine groups is 1. The zero-order valence-corrected chi connectivity index (χ0v) is 13.9. The Hall–Kier alpha value is -1.86. The van der Waals surface area contributed by atoms with Crippen molar-refractivity contribution in [2.45, 2.75) is 12.6 Å². The topological polar surface area (TPSA) is 49.0 Å². The summed E-state index contributed by atoms with van der Waals surface area (Å²) in [5.74, 6) is 0.281. The van der Waals surface area contributed by atoms with Gasteiger partial charge in [-0.05, 0) is 41.3 Å². The number of rotatable bonds is 5. The lowest BCUT2D eigenvalue weighted by Crippen LogP contribution is -2.28. The molecule has 1 aromatic carbocycles. The molecule has 24 heavy (non-hydrogen) atoms. The molecule has 6 heteroatoms. The average molecular weight is 342 g/mol. The molecule has 1 fully saturated rings. The molecule has 2 aromatic heterocycles. The van der Waals surface area contributed by atoms with Gasteiger partial charge in [0.05, 0.1) is 6.04 Å². The fourth-order valence-corrected chi connectivity index (χ4v) is 4.19. The lowest BCUT2D eigenvalue weighted by atomic mass is 9.96. The molecular weight excluding hydrogens is 323 g/mol. The van der Waals surface area contributed by atoms with Crippen LogP contribution in [0.5, 0.6) is 0 Å². The largest absolute Gasteiger partial charge is 0.311 e. The third-order valence-corrected chi connectivity index (χ3v) is 5.49. The summed E-state index contributed by atoms with van der Waals surface area (Å²) in [6, 6.07) is 11.4. The number of aromatic nitrogens is 1. The summed E-state index contributed by atoms with van der Waals surface area (Å²) < 4.78 is 14.4. The van der Waals surface area contributed by atoms with Gasteiger partial charge in [0.1, 0.15) is 5.82 Å². The van der Waals surface area contributed by atoms with Gasteiger partial charge in [0.15, 0.2) is 0 Å². The van der Waals surface area contributed by atoms with E-state index in [4.69, 9.17) is 0 Å². The summed E-state index contributed by atoms with van der Waals surface area (Å²) in [4.78, 5) is 5.43. The van der Waals surface area contributed by atoms with Crippen molar-refractivity contribution in [3.05, 3.63) is 65.0 Å². The van der Waals surface area contributed by atoms with Gasteiger partial charge in [-0.25, -0.2) is 9.82 Å². The molecule has 0 bridgehead atoms. The van der Waals surface area contributed by atoms with Crippen molar-refractivity contribution in [1.29, 1.82) is 0 Å². The van der Waals surface area contributed by atoms with Crippen LogP contribution in [0, 0.1) is 11.7 Å². The van der Waals surface area contributed by atoms with Crippen molar-refractivity contribution in [2.75, 3.05) is 13.1 Å². The molecule has 124 valence electrons. The molecule has 0 aliphatic carbocycles. The van der Waals surface area contributed by atoms with E-state index < -0.39 is 0 Å².